The average molecular weight is 269 g/mol. The molecule has 0 bridgehead atoms. The molecular formula is C16H15NO3. The number of Topliss-reactive ketones (excluding diaryl/α,β-unsaturated/α-hetero) is 1. The van der Waals surface area contributed by atoms with Gasteiger partial charge in [0.25, 0.3) is 0 Å². The highest BCUT2D eigenvalue weighted by Crippen LogP contribution is 2.27. The number of benzene rings is 1. The smallest absolute Gasteiger partial charge is 0.187 e. The van der Waals surface area contributed by atoms with Gasteiger partial charge in [0.05, 0.1) is 25.0 Å². The summed E-state index contributed by atoms with van der Waals surface area (Å²) in [6, 6.07) is 9.00. The molecule has 0 N–H and O–H groups in total. The van der Waals surface area contributed by atoms with Crippen LogP contribution < -0.4 is 4.74 Å². The summed E-state index contributed by atoms with van der Waals surface area (Å²) in [6.45, 7) is 3.61. The fourth-order valence-corrected chi connectivity index (χ4v) is 2.10. The molecule has 1 aromatic carbocycles. The minimum atomic E-state index is -0.860. The van der Waals surface area contributed by atoms with Crippen LogP contribution in [0, 0.1) is 25.2 Å². The molecule has 0 fully saturated rings. The van der Waals surface area contributed by atoms with Crippen LogP contribution in [0.1, 0.15) is 33.2 Å². The normalized spacial score (nSPS) is 11.7. The van der Waals surface area contributed by atoms with Crippen molar-refractivity contribution in [1.29, 1.82) is 5.26 Å². The van der Waals surface area contributed by atoms with E-state index >= 15 is 0 Å². The third-order valence-electron chi connectivity index (χ3n) is 3.28. The van der Waals surface area contributed by atoms with E-state index in [-0.39, 0.29) is 5.78 Å². The number of aryl methyl sites for hydroxylation is 2. The number of furan rings is 1. The molecule has 0 aliphatic heterocycles. The molecule has 0 aliphatic carbocycles. The van der Waals surface area contributed by atoms with Crippen molar-refractivity contribution >= 4 is 5.78 Å². The van der Waals surface area contributed by atoms with Crippen LogP contribution >= 0.6 is 0 Å². The van der Waals surface area contributed by atoms with Crippen molar-refractivity contribution < 1.29 is 13.9 Å². The summed E-state index contributed by atoms with van der Waals surface area (Å²) in [6.07, 6.45) is 1.45. The Balaban J connectivity index is 2.41. The zero-order chi connectivity index (χ0) is 14.7. The first kappa shape index (κ1) is 13.9. The molecule has 2 aromatic rings. The molecule has 0 saturated heterocycles. The van der Waals surface area contributed by atoms with Gasteiger partial charge in [-0.3, -0.25) is 4.79 Å². The van der Waals surface area contributed by atoms with E-state index in [0.717, 1.165) is 5.56 Å². The van der Waals surface area contributed by atoms with E-state index in [2.05, 4.69) is 6.07 Å². The summed E-state index contributed by atoms with van der Waals surface area (Å²) in [5.74, 6) is 0.0687. The van der Waals surface area contributed by atoms with Crippen molar-refractivity contribution in [3.63, 3.8) is 0 Å². The molecule has 0 radical (unpaired) electrons. The van der Waals surface area contributed by atoms with Gasteiger partial charge in [-0.15, -0.1) is 0 Å². The fourth-order valence-electron chi connectivity index (χ4n) is 2.10. The Morgan fingerprint density at radius 2 is 2.10 bits per heavy atom. The van der Waals surface area contributed by atoms with Crippen LogP contribution in [-0.4, -0.2) is 12.9 Å². The molecule has 1 unspecified atom stereocenters. The maximum atomic E-state index is 12.4. The van der Waals surface area contributed by atoms with Crippen LogP contribution in [-0.2, 0) is 0 Å². The zero-order valence-electron chi connectivity index (χ0n) is 11.6. The highest BCUT2D eigenvalue weighted by molar-refractivity contribution is 6.03. The topological polar surface area (TPSA) is 63.2 Å². The second-order valence-corrected chi connectivity index (χ2v) is 4.55. The SMILES string of the molecule is COc1cc(C(C#N)C(=O)c2ccoc2C)ccc1C. The van der Waals surface area contributed by atoms with Crippen LogP contribution in [0.3, 0.4) is 0 Å². The lowest BCUT2D eigenvalue weighted by Gasteiger charge is -2.11. The van der Waals surface area contributed by atoms with Gasteiger partial charge in [-0.05, 0) is 37.1 Å². The molecular weight excluding hydrogens is 254 g/mol. The number of nitrogens with zero attached hydrogens (tertiary/aromatic N) is 1. The zero-order valence-corrected chi connectivity index (χ0v) is 11.6. The highest BCUT2D eigenvalue weighted by atomic mass is 16.5. The molecule has 0 saturated carbocycles. The number of ether oxygens (including phenoxy) is 1. The maximum absolute atomic E-state index is 12.4. The van der Waals surface area contributed by atoms with Crippen molar-refractivity contribution in [3.8, 4) is 11.8 Å². The number of nitriles is 1. The van der Waals surface area contributed by atoms with Gasteiger partial charge in [-0.2, -0.15) is 5.26 Å². The number of carbonyl (C=O) groups is 1. The van der Waals surface area contributed by atoms with Gasteiger partial charge in [0.1, 0.15) is 17.4 Å². The minimum Gasteiger partial charge on any atom is -0.496 e. The molecule has 0 amide bonds. The lowest BCUT2D eigenvalue weighted by molar-refractivity contribution is 0.0977. The third-order valence-corrected chi connectivity index (χ3v) is 3.28. The molecule has 0 spiro atoms. The first-order chi connectivity index (χ1) is 9.58. The summed E-state index contributed by atoms with van der Waals surface area (Å²) >= 11 is 0. The van der Waals surface area contributed by atoms with Gasteiger partial charge in [-0.1, -0.05) is 12.1 Å². The number of rotatable bonds is 4. The summed E-state index contributed by atoms with van der Waals surface area (Å²) in [5, 5.41) is 9.33. The first-order valence-corrected chi connectivity index (χ1v) is 6.21. The molecule has 0 aliphatic rings. The number of carbonyl (C=O) groups excluding carboxylic acids is 1. The van der Waals surface area contributed by atoms with Crippen LogP contribution in [0.15, 0.2) is 34.9 Å². The molecule has 4 heteroatoms. The lowest BCUT2D eigenvalue weighted by Crippen LogP contribution is -2.11. The standard InChI is InChI=1S/C16H15NO3/c1-10-4-5-12(8-15(10)19-3)14(9-17)16(18)13-6-7-20-11(13)2/h4-8,14H,1-3H3. The lowest BCUT2D eigenvalue weighted by atomic mass is 9.91. The summed E-state index contributed by atoms with van der Waals surface area (Å²) in [7, 11) is 1.57. The minimum absolute atomic E-state index is 0.260. The monoisotopic (exact) mass is 269 g/mol. The molecule has 102 valence electrons. The molecule has 1 heterocycles. The molecule has 2 rings (SSSR count). The molecule has 4 nitrogen and oxygen atoms in total. The van der Waals surface area contributed by atoms with Crippen LogP contribution in [0.5, 0.6) is 5.75 Å². The van der Waals surface area contributed by atoms with E-state index in [0.29, 0.717) is 22.6 Å². The van der Waals surface area contributed by atoms with Gasteiger partial charge in [0.2, 0.25) is 0 Å². The van der Waals surface area contributed by atoms with Crippen molar-refractivity contribution in [3.05, 3.63) is 53.0 Å². The number of ketones is 1. The Morgan fingerprint density at radius 1 is 1.35 bits per heavy atom. The Hall–Kier alpha value is -2.54. The van der Waals surface area contributed by atoms with E-state index in [1.54, 1.807) is 32.2 Å². The number of hydrogen-bond donors (Lipinski definition) is 0. The van der Waals surface area contributed by atoms with Crippen molar-refractivity contribution in [1.82, 2.24) is 0 Å². The summed E-state index contributed by atoms with van der Waals surface area (Å²) in [5.41, 5.74) is 2.02. The van der Waals surface area contributed by atoms with Crippen molar-refractivity contribution in [2.45, 2.75) is 19.8 Å². The fraction of sp³-hybridized carbons (Fsp3) is 0.250. The van der Waals surface area contributed by atoms with Gasteiger partial charge in [0, 0.05) is 0 Å². The largest absolute Gasteiger partial charge is 0.496 e. The summed E-state index contributed by atoms with van der Waals surface area (Å²) < 4.78 is 10.4. The molecule has 1 atom stereocenters. The van der Waals surface area contributed by atoms with Crippen LogP contribution in [0.25, 0.3) is 0 Å². The highest BCUT2D eigenvalue weighted by Gasteiger charge is 2.25. The van der Waals surface area contributed by atoms with E-state index in [1.165, 1.54) is 6.26 Å². The second-order valence-electron chi connectivity index (χ2n) is 4.55. The van der Waals surface area contributed by atoms with Gasteiger partial charge >= 0.3 is 0 Å². The third kappa shape index (κ3) is 2.43. The predicted octanol–water partition coefficient (Wildman–Crippen LogP) is 3.40. The Kier molecular flexibility index (Phi) is 3.90. The Bertz CT molecular complexity index is 679. The van der Waals surface area contributed by atoms with E-state index in [9.17, 15) is 10.1 Å². The average Bonchev–Trinajstić information content (AvgIpc) is 2.87. The van der Waals surface area contributed by atoms with Crippen LogP contribution in [0.2, 0.25) is 0 Å². The van der Waals surface area contributed by atoms with E-state index in [1.807, 2.05) is 13.0 Å². The van der Waals surface area contributed by atoms with Crippen molar-refractivity contribution in [2.24, 2.45) is 0 Å². The number of methoxy groups -OCH3 is 1. The van der Waals surface area contributed by atoms with Crippen molar-refractivity contribution in [2.75, 3.05) is 7.11 Å². The quantitative estimate of drug-likeness (QED) is 0.798. The van der Waals surface area contributed by atoms with Crippen LogP contribution in [0.4, 0.5) is 0 Å². The maximum Gasteiger partial charge on any atom is 0.187 e. The van der Waals surface area contributed by atoms with Gasteiger partial charge in [-0.25, -0.2) is 0 Å². The van der Waals surface area contributed by atoms with Gasteiger partial charge < -0.3 is 9.15 Å². The second kappa shape index (κ2) is 5.62. The molecule has 20 heavy (non-hydrogen) atoms. The summed E-state index contributed by atoms with van der Waals surface area (Å²) in [4.78, 5) is 12.4. The van der Waals surface area contributed by atoms with E-state index in [4.69, 9.17) is 9.15 Å². The number of hydrogen-bond acceptors (Lipinski definition) is 4. The Morgan fingerprint density at radius 3 is 2.65 bits per heavy atom. The van der Waals surface area contributed by atoms with E-state index < -0.39 is 5.92 Å². The predicted molar refractivity (Wildman–Crippen MR) is 73.9 cm³/mol. The molecule has 1 aromatic heterocycles. The Labute approximate surface area is 117 Å². The first-order valence-electron chi connectivity index (χ1n) is 6.21. The van der Waals surface area contributed by atoms with Gasteiger partial charge in [0.15, 0.2) is 5.78 Å².